The fourth-order valence-corrected chi connectivity index (χ4v) is 10.1. The Morgan fingerprint density at radius 2 is 1.43 bits per heavy atom. The van der Waals surface area contributed by atoms with Crippen molar-refractivity contribution in [3.05, 3.63) is 0 Å². The second-order valence-electron chi connectivity index (χ2n) is 13.2. The van der Waals surface area contributed by atoms with Crippen molar-refractivity contribution >= 4 is 15.9 Å². The van der Waals surface area contributed by atoms with Gasteiger partial charge in [0, 0.05) is 50.8 Å². The van der Waals surface area contributed by atoms with Crippen LogP contribution in [-0.2, 0) is 14.8 Å². The zero-order chi connectivity index (χ0) is 26.3. The van der Waals surface area contributed by atoms with Gasteiger partial charge >= 0.3 is 0 Å². The highest BCUT2D eigenvalue weighted by molar-refractivity contribution is 7.89. The van der Waals surface area contributed by atoms with E-state index in [2.05, 4.69) is 48.2 Å². The van der Waals surface area contributed by atoms with Gasteiger partial charge in [-0.05, 0) is 103 Å². The SMILES string of the molecule is CC1CCN(C(=O)C2C(C)NN3CCC(C4CCN(S(=O)(=O)C5CCC(N(C)C)CC5)CC4)CC23)CC1. The van der Waals surface area contributed by atoms with E-state index >= 15 is 0 Å². The van der Waals surface area contributed by atoms with Crippen molar-refractivity contribution in [1.82, 2.24) is 24.5 Å². The normalized spacial score (nSPS) is 37.7. The minimum Gasteiger partial charge on any atom is -0.342 e. The van der Waals surface area contributed by atoms with E-state index in [0.717, 1.165) is 89.8 Å². The molecule has 0 spiro atoms. The lowest BCUT2D eigenvalue weighted by Gasteiger charge is -2.43. The van der Waals surface area contributed by atoms with Crippen LogP contribution in [0, 0.1) is 23.7 Å². The van der Waals surface area contributed by atoms with E-state index in [9.17, 15) is 13.2 Å². The third-order valence-electron chi connectivity index (χ3n) is 10.7. The van der Waals surface area contributed by atoms with Crippen LogP contribution in [0.3, 0.4) is 0 Å². The molecule has 5 aliphatic rings. The molecular weight excluding hydrogens is 486 g/mol. The first-order valence-electron chi connectivity index (χ1n) is 15.1. The van der Waals surface area contributed by atoms with Gasteiger partial charge in [0.05, 0.1) is 11.2 Å². The molecule has 4 unspecified atom stereocenters. The molecule has 8 nitrogen and oxygen atoms in total. The van der Waals surface area contributed by atoms with Crippen LogP contribution in [0.1, 0.15) is 78.1 Å². The quantitative estimate of drug-likeness (QED) is 0.581. The molecule has 1 saturated carbocycles. The van der Waals surface area contributed by atoms with Crippen LogP contribution in [-0.4, -0.2) is 104 Å². The topological polar surface area (TPSA) is 76.2 Å². The lowest BCUT2D eigenvalue weighted by molar-refractivity contribution is -0.138. The van der Waals surface area contributed by atoms with Gasteiger partial charge in [0.1, 0.15) is 0 Å². The Balaban J connectivity index is 1.16. The number of fused-ring (bicyclic) bond motifs is 1. The molecule has 9 heteroatoms. The van der Waals surface area contributed by atoms with Crippen LogP contribution in [0.15, 0.2) is 0 Å². The van der Waals surface area contributed by atoms with Crippen LogP contribution in [0.4, 0.5) is 0 Å². The van der Waals surface area contributed by atoms with E-state index in [4.69, 9.17) is 0 Å². The van der Waals surface area contributed by atoms with Crippen molar-refractivity contribution in [2.24, 2.45) is 23.7 Å². The molecule has 0 radical (unpaired) electrons. The number of amides is 1. The Morgan fingerprint density at radius 1 is 0.811 bits per heavy atom. The molecule has 4 heterocycles. The number of carbonyl (C=O) groups is 1. The van der Waals surface area contributed by atoms with Crippen molar-refractivity contribution in [1.29, 1.82) is 0 Å². The highest BCUT2D eigenvalue weighted by Crippen LogP contribution is 2.41. The van der Waals surface area contributed by atoms with Crippen molar-refractivity contribution < 1.29 is 13.2 Å². The molecule has 4 aliphatic heterocycles. The van der Waals surface area contributed by atoms with Crippen molar-refractivity contribution in [3.63, 3.8) is 0 Å². The number of hydrazine groups is 1. The van der Waals surface area contributed by atoms with E-state index in [0.29, 0.717) is 36.9 Å². The van der Waals surface area contributed by atoms with Crippen molar-refractivity contribution in [3.8, 4) is 0 Å². The average Bonchev–Trinajstić information content (AvgIpc) is 3.23. The highest BCUT2D eigenvalue weighted by atomic mass is 32.2. The van der Waals surface area contributed by atoms with Crippen molar-refractivity contribution in [2.45, 2.75) is 101 Å². The van der Waals surface area contributed by atoms with Gasteiger partial charge in [0.2, 0.25) is 15.9 Å². The number of nitrogens with zero attached hydrogens (tertiary/aromatic N) is 4. The summed E-state index contributed by atoms with van der Waals surface area (Å²) in [7, 11) is 1.00. The molecule has 37 heavy (non-hydrogen) atoms. The number of sulfonamides is 1. The summed E-state index contributed by atoms with van der Waals surface area (Å²) in [6.07, 6.45) is 9.93. The van der Waals surface area contributed by atoms with Crippen LogP contribution < -0.4 is 5.43 Å². The van der Waals surface area contributed by atoms with E-state index in [1.54, 1.807) is 0 Å². The first-order chi connectivity index (χ1) is 17.6. The second kappa shape index (κ2) is 11.4. The summed E-state index contributed by atoms with van der Waals surface area (Å²) in [6.45, 7) is 8.63. The van der Waals surface area contributed by atoms with Gasteiger partial charge in [0.15, 0.2) is 0 Å². The number of nitrogens with one attached hydrogen (secondary N) is 1. The number of likely N-dealkylation sites (tertiary alicyclic amines) is 1. The van der Waals surface area contributed by atoms with Crippen LogP contribution in [0.25, 0.3) is 0 Å². The minimum atomic E-state index is -3.20. The molecule has 0 aromatic heterocycles. The zero-order valence-corrected chi connectivity index (χ0v) is 24.5. The first kappa shape index (κ1) is 27.8. The lowest BCUT2D eigenvalue weighted by Crippen LogP contribution is -2.51. The molecule has 4 saturated heterocycles. The van der Waals surface area contributed by atoms with Gasteiger partial charge in [-0.1, -0.05) is 6.92 Å². The summed E-state index contributed by atoms with van der Waals surface area (Å²) in [4.78, 5) is 18.0. The average molecular weight is 538 g/mol. The maximum atomic E-state index is 13.6. The number of rotatable bonds is 5. The van der Waals surface area contributed by atoms with Gasteiger partial charge in [-0.15, -0.1) is 0 Å². The molecule has 0 bridgehead atoms. The molecular formula is C28H51N5O3S. The second-order valence-corrected chi connectivity index (χ2v) is 15.4. The van der Waals surface area contributed by atoms with Gasteiger partial charge in [-0.25, -0.2) is 17.7 Å². The summed E-state index contributed by atoms with van der Waals surface area (Å²) >= 11 is 0. The van der Waals surface area contributed by atoms with Gasteiger partial charge < -0.3 is 9.80 Å². The molecule has 1 N–H and O–H groups in total. The van der Waals surface area contributed by atoms with Crippen molar-refractivity contribution in [2.75, 3.05) is 46.8 Å². The molecule has 0 aromatic carbocycles. The largest absolute Gasteiger partial charge is 0.342 e. The predicted molar refractivity (Wildman–Crippen MR) is 147 cm³/mol. The number of hydrogen-bond acceptors (Lipinski definition) is 6. The Bertz CT molecular complexity index is 889. The maximum absolute atomic E-state index is 13.6. The van der Waals surface area contributed by atoms with Crippen LogP contribution >= 0.6 is 0 Å². The minimum absolute atomic E-state index is 0.0361. The smallest absolute Gasteiger partial charge is 0.228 e. The molecule has 0 aromatic rings. The standard InChI is InChI=1S/C28H51N5O3S/c1-20-9-14-31(15-10-20)28(34)27-21(2)29-33-18-13-23(19-26(27)33)22-11-16-32(17-12-22)37(35,36)25-7-5-24(6-8-25)30(3)4/h20-27,29H,5-19H2,1-4H3. The van der Waals surface area contributed by atoms with Gasteiger partial charge in [0.25, 0.3) is 0 Å². The summed E-state index contributed by atoms with van der Waals surface area (Å²) in [5, 5.41) is 2.17. The lowest BCUT2D eigenvalue weighted by atomic mass is 9.74. The van der Waals surface area contributed by atoms with Crippen LogP contribution in [0.5, 0.6) is 0 Å². The molecule has 1 aliphatic carbocycles. The van der Waals surface area contributed by atoms with Gasteiger partial charge in [-0.3, -0.25) is 10.2 Å². The Morgan fingerprint density at radius 3 is 2.05 bits per heavy atom. The molecule has 212 valence electrons. The van der Waals surface area contributed by atoms with E-state index in [1.807, 2.05) is 4.31 Å². The zero-order valence-electron chi connectivity index (χ0n) is 23.6. The molecule has 1 amide bonds. The monoisotopic (exact) mass is 537 g/mol. The summed E-state index contributed by atoms with van der Waals surface area (Å²) in [5.74, 6) is 2.27. The Kier molecular flexibility index (Phi) is 8.57. The summed E-state index contributed by atoms with van der Waals surface area (Å²) in [6, 6.07) is 0.976. The van der Waals surface area contributed by atoms with Gasteiger partial charge in [-0.2, -0.15) is 0 Å². The predicted octanol–water partition coefficient (Wildman–Crippen LogP) is 2.76. The molecule has 5 fully saturated rings. The maximum Gasteiger partial charge on any atom is 0.228 e. The fourth-order valence-electron chi connectivity index (χ4n) is 8.12. The number of hydrogen-bond donors (Lipinski definition) is 1. The Hall–Kier alpha value is -0.740. The number of piperidine rings is 3. The Labute approximate surface area is 225 Å². The van der Waals surface area contributed by atoms with E-state index in [1.165, 1.54) is 0 Å². The summed E-state index contributed by atoms with van der Waals surface area (Å²) in [5.41, 5.74) is 3.63. The summed E-state index contributed by atoms with van der Waals surface area (Å²) < 4.78 is 28.7. The van der Waals surface area contributed by atoms with E-state index in [-0.39, 0.29) is 23.3 Å². The number of carbonyl (C=O) groups excluding carboxylic acids is 1. The van der Waals surface area contributed by atoms with E-state index < -0.39 is 10.0 Å². The third-order valence-corrected chi connectivity index (χ3v) is 13.1. The third kappa shape index (κ3) is 5.76. The molecule has 4 atom stereocenters. The van der Waals surface area contributed by atoms with Crippen LogP contribution in [0.2, 0.25) is 0 Å². The molecule has 5 rings (SSSR count). The fraction of sp³-hybridized carbons (Fsp3) is 0.964. The first-order valence-corrected chi connectivity index (χ1v) is 16.6. The highest BCUT2D eigenvalue weighted by Gasteiger charge is 2.49.